The van der Waals surface area contributed by atoms with E-state index >= 15 is 0 Å². The summed E-state index contributed by atoms with van der Waals surface area (Å²) in [5.74, 6) is 1.59. The summed E-state index contributed by atoms with van der Waals surface area (Å²) in [6.07, 6.45) is 5.94. The van der Waals surface area contributed by atoms with Gasteiger partial charge in [0.2, 0.25) is 5.91 Å². The van der Waals surface area contributed by atoms with Crippen LogP contribution in [-0.4, -0.2) is 102 Å². The van der Waals surface area contributed by atoms with Crippen molar-refractivity contribution in [3.63, 3.8) is 0 Å². The van der Waals surface area contributed by atoms with Gasteiger partial charge in [-0.3, -0.25) is 4.79 Å². The molecule has 0 aliphatic carbocycles. The minimum atomic E-state index is 0.101. The van der Waals surface area contributed by atoms with Gasteiger partial charge in [0.1, 0.15) is 5.82 Å². The van der Waals surface area contributed by atoms with E-state index < -0.39 is 0 Å². The van der Waals surface area contributed by atoms with Crippen molar-refractivity contribution in [2.24, 2.45) is 5.92 Å². The molecule has 2 aromatic rings. The third-order valence-electron chi connectivity index (χ3n) is 7.20. The second-order valence-corrected chi connectivity index (χ2v) is 9.39. The van der Waals surface area contributed by atoms with Gasteiger partial charge in [0, 0.05) is 63.4 Å². The highest BCUT2D eigenvalue weighted by Crippen LogP contribution is 2.33. The molecule has 5 rings (SSSR count). The summed E-state index contributed by atoms with van der Waals surface area (Å²) in [4.78, 5) is 27.1. The van der Waals surface area contributed by atoms with Crippen LogP contribution in [0.5, 0.6) is 0 Å². The Labute approximate surface area is 178 Å². The fraction of sp³-hybridized carbons (Fsp3) is 0.682. The van der Waals surface area contributed by atoms with Crippen molar-refractivity contribution in [3.8, 4) is 0 Å². The smallest absolute Gasteiger partial charge is 0.229 e. The Morgan fingerprint density at radius 3 is 2.57 bits per heavy atom. The topological polar surface area (TPSA) is 60.2 Å². The van der Waals surface area contributed by atoms with Gasteiger partial charge < -0.3 is 19.6 Å². The molecular formula is C22H33N7O. The maximum atomic E-state index is 13.1. The van der Waals surface area contributed by atoms with E-state index in [2.05, 4.69) is 45.8 Å². The zero-order chi connectivity index (χ0) is 20.8. The van der Waals surface area contributed by atoms with Crippen LogP contribution < -0.4 is 4.90 Å². The lowest BCUT2D eigenvalue weighted by atomic mass is 9.95. The molecule has 0 saturated carbocycles. The lowest BCUT2D eigenvalue weighted by Crippen LogP contribution is -2.57. The van der Waals surface area contributed by atoms with Gasteiger partial charge in [0.25, 0.3) is 0 Å². The average Bonchev–Trinajstić information content (AvgIpc) is 3.10. The molecule has 0 aromatic carbocycles. The molecule has 3 aliphatic heterocycles. The molecule has 30 heavy (non-hydrogen) atoms. The number of hydrogen-bond donors (Lipinski definition) is 0. The van der Waals surface area contributed by atoms with E-state index in [0.717, 1.165) is 76.4 Å². The van der Waals surface area contributed by atoms with Crippen LogP contribution in [0, 0.1) is 5.92 Å². The fourth-order valence-electron chi connectivity index (χ4n) is 5.17. The molecule has 162 valence electrons. The van der Waals surface area contributed by atoms with E-state index in [4.69, 9.17) is 4.98 Å². The van der Waals surface area contributed by atoms with Crippen molar-refractivity contribution in [1.29, 1.82) is 0 Å². The summed E-state index contributed by atoms with van der Waals surface area (Å²) < 4.78 is 1.98. The molecule has 2 fully saturated rings. The number of rotatable bonds is 3. The Kier molecular flexibility index (Phi) is 5.14. The SMILES string of the molecule is CN1CCc2nc3ccnn3c(N3CC(C(=O)N4CCC(N(C)C)CC4)C3)c2CC1. The fourth-order valence-corrected chi connectivity index (χ4v) is 5.17. The number of likely N-dealkylation sites (N-methyl/N-ethyl adjacent to an activating group) is 1. The molecule has 8 heteroatoms. The summed E-state index contributed by atoms with van der Waals surface area (Å²) in [5, 5.41) is 4.56. The molecule has 0 atom stereocenters. The van der Waals surface area contributed by atoms with Crippen molar-refractivity contribution >= 4 is 17.4 Å². The standard InChI is InChI=1S/C22H33N7O/c1-25(2)17-5-12-27(13-6-17)22(30)16-14-28(15-16)21-18-7-10-26(3)11-8-19(18)24-20-4-9-23-29(20)21/h4,9,16-17H,5-8,10-15H2,1-3H3. The molecule has 0 N–H and O–H groups in total. The van der Waals surface area contributed by atoms with Crippen LogP contribution in [-0.2, 0) is 17.6 Å². The lowest BCUT2D eigenvalue weighted by Gasteiger charge is -2.44. The highest BCUT2D eigenvalue weighted by atomic mass is 16.2. The summed E-state index contributed by atoms with van der Waals surface area (Å²) >= 11 is 0. The third kappa shape index (κ3) is 3.46. The maximum absolute atomic E-state index is 13.1. The van der Waals surface area contributed by atoms with Gasteiger partial charge >= 0.3 is 0 Å². The number of carbonyl (C=O) groups excluding carboxylic acids is 1. The van der Waals surface area contributed by atoms with Crippen molar-refractivity contribution in [1.82, 2.24) is 29.3 Å². The number of nitrogens with zero attached hydrogens (tertiary/aromatic N) is 7. The minimum Gasteiger partial charge on any atom is -0.354 e. The zero-order valence-corrected chi connectivity index (χ0v) is 18.4. The Morgan fingerprint density at radius 2 is 1.83 bits per heavy atom. The van der Waals surface area contributed by atoms with Gasteiger partial charge in [-0.05, 0) is 40.4 Å². The molecule has 3 aliphatic rings. The average molecular weight is 412 g/mol. The molecule has 8 nitrogen and oxygen atoms in total. The number of anilines is 1. The predicted molar refractivity (Wildman–Crippen MR) is 117 cm³/mol. The van der Waals surface area contributed by atoms with Crippen LogP contribution in [0.25, 0.3) is 5.65 Å². The van der Waals surface area contributed by atoms with E-state index in [0.29, 0.717) is 11.9 Å². The molecular weight excluding hydrogens is 378 g/mol. The van der Waals surface area contributed by atoms with Gasteiger partial charge in [-0.15, -0.1) is 0 Å². The quantitative estimate of drug-likeness (QED) is 0.743. The zero-order valence-electron chi connectivity index (χ0n) is 18.4. The molecule has 2 saturated heterocycles. The minimum absolute atomic E-state index is 0.101. The number of aromatic nitrogens is 3. The molecule has 0 unspecified atom stereocenters. The van der Waals surface area contributed by atoms with Gasteiger partial charge in [-0.1, -0.05) is 0 Å². The van der Waals surface area contributed by atoms with Gasteiger partial charge in [0.15, 0.2) is 5.65 Å². The highest BCUT2D eigenvalue weighted by molar-refractivity contribution is 5.82. The number of amides is 1. The maximum Gasteiger partial charge on any atom is 0.229 e. The first-order chi connectivity index (χ1) is 14.5. The van der Waals surface area contributed by atoms with E-state index in [1.54, 1.807) is 0 Å². The molecule has 0 radical (unpaired) electrons. The van der Waals surface area contributed by atoms with Crippen molar-refractivity contribution in [2.45, 2.75) is 31.7 Å². The first-order valence-corrected chi connectivity index (χ1v) is 11.3. The van der Waals surface area contributed by atoms with Gasteiger partial charge in [0.05, 0.1) is 17.8 Å². The van der Waals surface area contributed by atoms with Crippen LogP contribution in [0.15, 0.2) is 12.3 Å². The second kappa shape index (κ2) is 7.81. The van der Waals surface area contributed by atoms with Gasteiger partial charge in [-0.2, -0.15) is 9.61 Å². The molecule has 1 amide bonds. The Hall–Kier alpha value is -2.19. The predicted octanol–water partition coefficient (Wildman–Crippen LogP) is 0.749. The van der Waals surface area contributed by atoms with Crippen molar-refractivity contribution in [3.05, 3.63) is 23.5 Å². The Bertz CT molecular complexity index is 925. The molecule has 2 aromatic heterocycles. The lowest BCUT2D eigenvalue weighted by molar-refractivity contribution is -0.137. The van der Waals surface area contributed by atoms with Crippen LogP contribution in [0.1, 0.15) is 24.1 Å². The number of carbonyl (C=O) groups is 1. The number of likely N-dealkylation sites (tertiary alicyclic amines) is 1. The number of hydrogen-bond acceptors (Lipinski definition) is 6. The molecule has 0 bridgehead atoms. The normalized spacial score (nSPS) is 21.7. The summed E-state index contributed by atoms with van der Waals surface area (Å²) in [7, 11) is 6.45. The Morgan fingerprint density at radius 1 is 1.10 bits per heavy atom. The van der Waals surface area contributed by atoms with E-state index in [9.17, 15) is 4.79 Å². The van der Waals surface area contributed by atoms with E-state index in [-0.39, 0.29) is 5.92 Å². The van der Waals surface area contributed by atoms with Crippen LogP contribution in [0.2, 0.25) is 0 Å². The first kappa shape index (κ1) is 19.8. The van der Waals surface area contributed by atoms with Gasteiger partial charge in [-0.25, -0.2) is 4.98 Å². The second-order valence-electron chi connectivity index (χ2n) is 9.39. The molecule has 5 heterocycles. The Balaban J connectivity index is 1.32. The van der Waals surface area contributed by atoms with E-state index in [1.807, 2.05) is 16.8 Å². The van der Waals surface area contributed by atoms with Crippen molar-refractivity contribution < 1.29 is 4.79 Å². The van der Waals surface area contributed by atoms with Crippen LogP contribution in [0.4, 0.5) is 5.82 Å². The van der Waals surface area contributed by atoms with Crippen LogP contribution in [0.3, 0.4) is 0 Å². The highest BCUT2D eigenvalue weighted by Gasteiger charge is 2.39. The summed E-state index contributed by atoms with van der Waals surface area (Å²) in [6, 6.07) is 2.58. The van der Waals surface area contributed by atoms with Crippen molar-refractivity contribution in [2.75, 3.05) is 65.3 Å². The summed E-state index contributed by atoms with van der Waals surface area (Å²) in [6.45, 7) is 5.41. The number of fused-ring (bicyclic) bond motifs is 2. The monoisotopic (exact) mass is 411 g/mol. The summed E-state index contributed by atoms with van der Waals surface area (Å²) in [5.41, 5.74) is 3.42. The van der Waals surface area contributed by atoms with E-state index in [1.165, 1.54) is 11.3 Å². The first-order valence-electron chi connectivity index (χ1n) is 11.3. The van der Waals surface area contributed by atoms with Crippen LogP contribution >= 0.6 is 0 Å². The third-order valence-corrected chi connectivity index (χ3v) is 7.20. The largest absolute Gasteiger partial charge is 0.354 e. The molecule has 0 spiro atoms. The number of piperidine rings is 1.